The number of nitrogens with one attached hydrogen (secondary N) is 1. The third kappa shape index (κ3) is 6.52. The standard InChI is InChI=1S/C25H25ClN2O6S/c1-3-33-20-13-11-19(12-14-20)28(35(31,32)21-8-6-5-7-9-21)17-24(29)27-18-10-15-22(23(26)16-18)25(30)34-4-2/h5-16H,3-4,17H2,1-2H3,(H,27,29). The van der Waals surface area contributed by atoms with Crippen molar-refractivity contribution < 1.29 is 27.5 Å². The number of anilines is 2. The van der Waals surface area contributed by atoms with E-state index >= 15 is 0 Å². The van der Waals surface area contributed by atoms with Gasteiger partial charge in [0, 0.05) is 5.69 Å². The summed E-state index contributed by atoms with van der Waals surface area (Å²) in [6.07, 6.45) is 0. The summed E-state index contributed by atoms with van der Waals surface area (Å²) in [5.74, 6) is -0.599. The molecule has 184 valence electrons. The van der Waals surface area contributed by atoms with Gasteiger partial charge in [-0.15, -0.1) is 0 Å². The van der Waals surface area contributed by atoms with Crippen LogP contribution in [0.25, 0.3) is 0 Å². The molecule has 0 aliphatic heterocycles. The summed E-state index contributed by atoms with van der Waals surface area (Å²) >= 11 is 6.17. The highest BCUT2D eigenvalue weighted by Gasteiger charge is 2.27. The molecular formula is C25H25ClN2O6S. The summed E-state index contributed by atoms with van der Waals surface area (Å²) in [6, 6.07) is 18.6. The number of esters is 1. The van der Waals surface area contributed by atoms with Gasteiger partial charge >= 0.3 is 5.97 Å². The molecule has 35 heavy (non-hydrogen) atoms. The van der Waals surface area contributed by atoms with Gasteiger partial charge < -0.3 is 14.8 Å². The predicted molar refractivity (Wildman–Crippen MR) is 135 cm³/mol. The SMILES string of the molecule is CCOC(=O)c1ccc(NC(=O)CN(c2ccc(OCC)cc2)S(=O)(=O)c2ccccc2)cc1Cl. The lowest BCUT2D eigenvalue weighted by atomic mass is 10.2. The molecule has 0 spiro atoms. The highest BCUT2D eigenvalue weighted by atomic mass is 35.5. The van der Waals surface area contributed by atoms with Crippen LogP contribution in [-0.4, -0.2) is 40.1 Å². The Morgan fingerprint density at radius 1 is 0.943 bits per heavy atom. The summed E-state index contributed by atoms with van der Waals surface area (Å²) in [7, 11) is -4.05. The van der Waals surface area contributed by atoms with Crippen LogP contribution in [0.2, 0.25) is 5.02 Å². The van der Waals surface area contributed by atoms with Gasteiger partial charge in [-0.3, -0.25) is 9.10 Å². The molecule has 0 fully saturated rings. The normalized spacial score (nSPS) is 10.9. The molecule has 3 aromatic rings. The number of ether oxygens (including phenoxy) is 2. The molecule has 0 aromatic heterocycles. The smallest absolute Gasteiger partial charge is 0.339 e. The topological polar surface area (TPSA) is 102 Å². The zero-order valence-electron chi connectivity index (χ0n) is 19.2. The molecule has 0 bridgehead atoms. The van der Waals surface area contributed by atoms with E-state index in [9.17, 15) is 18.0 Å². The minimum atomic E-state index is -4.05. The van der Waals surface area contributed by atoms with Gasteiger partial charge in [-0.2, -0.15) is 0 Å². The first-order valence-corrected chi connectivity index (χ1v) is 12.6. The molecule has 1 N–H and O–H groups in total. The Kier molecular flexibility index (Phi) is 8.73. The molecule has 0 unspecified atom stereocenters. The van der Waals surface area contributed by atoms with E-state index in [4.69, 9.17) is 21.1 Å². The number of halogens is 1. The maximum atomic E-state index is 13.4. The van der Waals surface area contributed by atoms with Crippen molar-refractivity contribution in [1.82, 2.24) is 0 Å². The van der Waals surface area contributed by atoms with Crippen molar-refractivity contribution >= 4 is 44.9 Å². The second kappa shape index (κ2) is 11.7. The summed E-state index contributed by atoms with van der Waals surface area (Å²) < 4.78 is 38.2. The predicted octanol–water partition coefficient (Wildman–Crippen LogP) is 4.75. The molecule has 0 saturated carbocycles. The maximum absolute atomic E-state index is 13.4. The van der Waals surface area contributed by atoms with E-state index in [1.165, 1.54) is 30.3 Å². The summed E-state index contributed by atoms with van der Waals surface area (Å²) in [5.41, 5.74) is 0.758. The van der Waals surface area contributed by atoms with E-state index in [1.54, 1.807) is 49.4 Å². The first-order valence-electron chi connectivity index (χ1n) is 10.8. The van der Waals surface area contributed by atoms with E-state index in [1.807, 2.05) is 6.92 Å². The van der Waals surface area contributed by atoms with Crippen molar-refractivity contribution in [3.63, 3.8) is 0 Å². The van der Waals surface area contributed by atoms with Crippen molar-refractivity contribution in [2.24, 2.45) is 0 Å². The van der Waals surface area contributed by atoms with E-state index in [0.717, 1.165) is 4.31 Å². The molecule has 8 nitrogen and oxygen atoms in total. The van der Waals surface area contributed by atoms with Gasteiger partial charge in [0.05, 0.1) is 34.4 Å². The zero-order chi connectivity index (χ0) is 25.4. The van der Waals surface area contributed by atoms with Gasteiger partial charge in [-0.25, -0.2) is 13.2 Å². The number of sulfonamides is 1. The van der Waals surface area contributed by atoms with Gasteiger partial charge in [0.1, 0.15) is 12.3 Å². The maximum Gasteiger partial charge on any atom is 0.339 e. The van der Waals surface area contributed by atoms with Crippen LogP contribution in [0, 0.1) is 0 Å². The van der Waals surface area contributed by atoms with Crippen LogP contribution in [0.3, 0.4) is 0 Å². The summed E-state index contributed by atoms with van der Waals surface area (Å²) in [4.78, 5) is 24.9. The molecule has 3 aromatic carbocycles. The zero-order valence-corrected chi connectivity index (χ0v) is 20.8. The van der Waals surface area contributed by atoms with E-state index in [0.29, 0.717) is 23.7 Å². The summed E-state index contributed by atoms with van der Waals surface area (Å²) in [6.45, 7) is 3.69. The number of amides is 1. The Bertz CT molecular complexity index is 1280. The van der Waals surface area contributed by atoms with Gasteiger partial charge in [-0.05, 0) is 68.4 Å². The van der Waals surface area contributed by atoms with Crippen molar-refractivity contribution in [2.45, 2.75) is 18.7 Å². The second-order valence-electron chi connectivity index (χ2n) is 7.21. The fraction of sp³-hybridized carbons (Fsp3) is 0.200. The van der Waals surface area contributed by atoms with Crippen LogP contribution >= 0.6 is 11.6 Å². The fourth-order valence-corrected chi connectivity index (χ4v) is 4.91. The lowest BCUT2D eigenvalue weighted by Gasteiger charge is -2.24. The van der Waals surface area contributed by atoms with Crippen LogP contribution in [-0.2, 0) is 19.6 Å². The minimum Gasteiger partial charge on any atom is -0.494 e. The molecule has 0 atom stereocenters. The average molecular weight is 517 g/mol. The number of benzene rings is 3. The van der Waals surface area contributed by atoms with Gasteiger partial charge in [-0.1, -0.05) is 29.8 Å². The Balaban J connectivity index is 1.87. The highest BCUT2D eigenvalue weighted by Crippen LogP contribution is 2.27. The third-order valence-electron chi connectivity index (χ3n) is 4.80. The Morgan fingerprint density at radius 3 is 2.23 bits per heavy atom. The Morgan fingerprint density at radius 2 is 1.63 bits per heavy atom. The molecule has 0 aliphatic rings. The van der Waals surface area contributed by atoms with Crippen LogP contribution in [0.5, 0.6) is 5.75 Å². The van der Waals surface area contributed by atoms with E-state index in [2.05, 4.69) is 5.32 Å². The molecule has 3 rings (SSSR count). The quantitative estimate of drug-likeness (QED) is 0.390. The van der Waals surface area contributed by atoms with Gasteiger partial charge in [0.25, 0.3) is 10.0 Å². The first kappa shape index (κ1) is 26.1. The number of rotatable bonds is 10. The van der Waals surface area contributed by atoms with Crippen LogP contribution in [0.4, 0.5) is 11.4 Å². The number of hydrogen-bond donors (Lipinski definition) is 1. The summed E-state index contributed by atoms with van der Waals surface area (Å²) in [5, 5.41) is 2.73. The van der Waals surface area contributed by atoms with Crippen LogP contribution in [0.15, 0.2) is 77.7 Å². The molecule has 0 saturated heterocycles. The van der Waals surface area contributed by atoms with E-state index in [-0.39, 0.29) is 22.1 Å². The van der Waals surface area contributed by atoms with E-state index < -0.39 is 28.4 Å². The van der Waals surface area contributed by atoms with Crippen molar-refractivity contribution in [3.8, 4) is 5.75 Å². The monoisotopic (exact) mass is 516 g/mol. The van der Waals surface area contributed by atoms with Crippen molar-refractivity contribution in [2.75, 3.05) is 29.4 Å². The first-order chi connectivity index (χ1) is 16.8. The van der Waals surface area contributed by atoms with Crippen LogP contribution in [0.1, 0.15) is 24.2 Å². The van der Waals surface area contributed by atoms with Crippen molar-refractivity contribution in [1.29, 1.82) is 0 Å². The molecule has 0 radical (unpaired) electrons. The number of carbonyl (C=O) groups excluding carboxylic acids is 2. The largest absolute Gasteiger partial charge is 0.494 e. The number of nitrogens with zero attached hydrogens (tertiary/aromatic N) is 1. The van der Waals surface area contributed by atoms with Gasteiger partial charge in [0.15, 0.2) is 0 Å². The molecule has 1 amide bonds. The minimum absolute atomic E-state index is 0.0449. The Hall–Kier alpha value is -3.56. The lowest BCUT2D eigenvalue weighted by molar-refractivity contribution is -0.114. The molecular weight excluding hydrogens is 492 g/mol. The second-order valence-corrected chi connectivity index (χ2v) is 9.48. The number of hydrogen-bond acceptors (Lipinski definition) is 6. The average Bonchev–Trinajstić information content (AvgIpc) is 2.84. The molecule has 0 heterocycles. The molecule has 0 aliphatic carbocycles. The van der Waals surface area contributed by atoms with Gasteiger partial charge in [0.2, 0.25) is 5.91 Å². The highest BCUT2D eigenvalue weighted by molar-refractivity contribution is 7.92. The fourth-order valence-electron chi connectivity index (χ4n) is 3.21. The number of carbonyl (C=O) groups is 2. The lowest BCUT2D eigenvalue weighted by Crippen LogP contribution is -2.38. The Labute approximate surface area is 209 Å². The van der Waals surface area contributed by atoms with Crippen LogP contribution < -0.4 is 14.4 Å². The molecule has 10 heteroatoms. The third-order valence-corrected chi connectivity index (χ3v) is 6.90. The van der Waals surface area contributed by atoms with Crippen molar-refractivity contribution in [3.05, 3.63) is 83.4 Å².